The Morgan fingerprint density at radius 3 is 2.58 bits per heavy atom. The molecule has 3 rings (SSSR count). The van der Waals surface area contributed by atoms with E-state index in [9.17, 15) is 14.0 Å². The standard InChI is InChI=1S/C19H21FN2O4/c1-14(23)12-26-19-13-25-17(10-18(19)24)11-21-6-8-22(9-7-21)16-4-2-15(20)3-5-16/h2-5,10,13H,6-9,11-12H2,1H3/p+1. The van der Waals surface area contributed by atoms with Crippen LogP contribution in [-0.2, 0) is 11.3 Å². The van der Waals surface area contributed by atoms with Crippen LogP contribution in [0.1, 0.15) is 12.7 Å². The number of piperazine rings is 1. The van der Waals surface area contributed by atoms with Gasteiger partial charge >= 0.3 is 0 Å². The molecule has 0 radical (unpaired) electrons. The summed E-state index contributed by atoms with van der Waals surface area (Å²) < 4.78 is 23.6. The second-order valence-electron chi connectivity index (χ2n) is 6.46. The highest BCUT2D eigenvalue weighted by molar-refractivity contribution is 5.77. The van der Waals surface area contributed by atoms with Crippen molar-refractivity contribution >= 4 is 11.5 Å². The number of rotatable bonds is 6. The van der Waals surface area contributed by atoms with Crippen LogP contribution in [0, 0.1) is 5.82 Å². The minimum absolute atomic E-state index is 0.0556. The van der Waals surface area contributed by atoms with Crippen molar-refractivity contribution < 1.29 is 23.2 Å². The SMILES string of the molecule is CC(=O)COc1coc(C[NH+]2CCN(c3ccc(F)cc3)CC2)cc1=O. The molecule has 0 bridgehead atoms. The first-order valence-corrected chi connectivity index (χ1v) is 8.59. The molecule has 0 unspecified atom stereocenters. The van der Waals surface area contributed by atoms with E-state index >= 15 is 0 Å². The minimum atomic E-state index is -0.281. The Balaban J connectivity index is 1.54. The third kappa shape index (κ3) is 4.70. The van der Waals surface area contributed by atoms with Gasteiger partial charge in [-0.25, -0.2) is 4.39 Å². The summed E-state index contributed by atoms with van der Waals surface area (Å²) in [7, 11) is 0. The van der Waals surface area contributed by atoms with Crippen LogP contribution in [0.3, 0.4) is 0 Å². The van der Waals surface area contributed by atoms with E-state index < -0.39 is 0 Å². The number of Topliss-reactive ketones (excluding diaryl/α,β-unsaturated/α-hetero) is 1. The molecular formula is C19H22FN2O4+. The zero-order valence-corrected chi connectivity index (χ0v) is 14.7. The van der Waals surface area contributed by atoms with Crippen molar-refractivity contribution in [1.29, 1.82) is 0 Å². The number of nitrogens with one attached hydrogen (secondary N) is 1. The number of ether oxygens (including phenoxy) is 1. The summed E-state index contributed by atoms with van der Waals surface area (Å²) in [6.07, 6.45) is 1.27. The fourth-order valence-electron chi connectivity index (χ4n) is 2.97. The number of carbonyl (C=O) groups excluding carboxylic acids is 1. The van der Waals surface area contributed by atoms with Crippen molar-refractivity contribution in [2.45, 2.75) is 13.5 Å². The Labute approximate surface area is 150 Å². The van der Waals surface area contributed by atoms with E-state index in [0.717, 1.165) is 31.9 Å². The average Bonchev–Trinajstić information content (AvgIpc) is 2.62. The summed E-state index contributed by atoms with van der Waals surface area (Å²) in [4.78, 5) is 26.5. The maximum atomic E-state index is 13.0. The Hall–Kier alpha value is -2.67. The Bertz CT molecular complexity index is 811. The molecule has 0 amide bonds. The fraction of sp³-hybridized carbons (Fsp3) is 0.368. The highest BCUT2D eigenvalue weighted by Gasteiger charge is 2.21. The molecule has 7 heteroatoms. The molecule has 1 aromatic carbocycles. The van der Waals surface area contributed by atoms with Gasteiger partial charge in [0.1, 0.15) is 25.2 Å². The zero-order valence-electron chi connectivity index (χ0n) is 14.7. The third-order valence-corrected chi connectivity index (χ3v) is 4.37. The van der Waals surface area contributed by atoms with Gasteiger partial charge in [0.25, 0.3) is 0 Å². The molecule has 6 nitrogen and oxygen atoms in total. The summed E-state index contributed by atoms with van der Waals surface area (Å²) in [6, 6.07) is 7.95. The molecule has 0 atom stereocenters. The molecular weight excluding hydrogens is 339 g/mol. The van der Waals surface area contributed by atoms with Crippen LogP contribution in [0.15, 0.2) is 45.8 Å². The number of hydrogen-bond acceptors (Lipinski definition) is 5. The summed E-state index contributed by atoms with van der Waals surface area (Å²) in [5, 5.41) is 0. The van der Waals surface area contributed by atoms with Gasteiger partial charge in [0, 0.05) is 11.8 Å². The molecule has 1 aliphatic heterocycles. The highest BCUT2D eigenvalue weighted by atomic mass is 19.1. The summed E-state index contributed by atoms with van der Waals surface area (Å²) >= 11 is 0. The van der Waals surface area contributed by atoms with Gasteiger partial charge in [-0.3, -0.25) is 9.59 Å². The number of nitrogens with zero attached hydrogens (tertiary/aromatic N) is 1. The van der Waals surface area contributed by atoms with E-state index in [1.54, 1.807) is 12.1 Å². The van der Waals surface area contributed by atoms with Gasteiger partial charge < -0.3 is 19.0 Å². The third-order valence-electron chi connectivity index (χ3n) is 4.37. The lowest BCUT2D eigenvalue weighted by atomic mass is 10.2. The molecule has 0 aliphatic carbocycles. The summed E-state index contributed by atoms with van der Waals surface area (Å²) in [5.41, 5.74) is 0.737. The first-order valence-electron chi connectivity index (χ1n) is 8.59. The van der Waals surface area contributed by atoms with Crippen molar-refractivity contribution in [3.63, 3.8) is 0 Å². The average molecular weight is 361 g/mol. The van der Waals surface area contributed by atoms with E-state index in [4.69, 9.17) is 9.15 Å². The van der Waals surface area contributed by atoms with Gasteiger partial charge in [-0.2, -0.15) is 0 Å². The predicted molar refractivity (Wildman–Crippen MR) is 94.2 cm³/mol. The quantitative estimate of drug-likeness (QED) is 0.819. The first-order chi connectivity index (χ1) is 12.5. The van der Waals surface area contributed by atoms with E-state index in [1.165, 1.54) is 36.3 Å². The van der Waals surface area contributed by atoms with Crippen molar-refractivity contribution in [2.75, 3.05) is 37.7 Å². The fourth-order valence-corrected chi connectivity index (χ4v) is 2.97. The van der Waals surface area contributed by atoms with Crippen LogP contribution in [0.25, 0.3) is 0 Å². The maximum Gasteiger partial charge on any atom is 0.227 e. The van der Waals surface area contributed by atoms with Crippen LogP contribution in [0.2, 0.25) is 0 Å². The van der Waals surface area contributed by atoms with Gasteiger partial charge in [-0.15, -0.1) is 0 Å². The number of benzene rings is 1. The molecule has 0 saturated carbocycles. The lowest BCUT2D eigenvalue weighted by Crippen LogP contribution is -3.13. The van der Waals surface area contributed by atoms with E-state index in [-0.39, 0.29) is 29.4 Å². The zero-order chi connectivity index (χ0) is 18.5. The van der Waals surface area contributed by atoms with Gasteiger partial charge in [0.05, 0.1) is 26.2 Å². The van der Waals surface area contributed by atoms with Gasteiger partial charge in [-0.1, -0.05) is 0 Å². The van der Waals surface area contributed by atoms with Crippen LogP contribution in [0.4, 0.5) is 10.1 Å². The number of ketones is 1. The molecule has 0 spiro atoms. The normalized spacial score (nSPS) is 15.1. The minimum Gasteiger partial charge on any atom is -0.479 e. The van der Waals surface area contributed by atoms with Crippen LogP contribution in [0.5, 0.6) is 5.75 Å². The van der Waals surface area contributed by atoms with Gasteiger partial charge in [0.15, 0.2) is 11.5 Å². The molecule has 1 saturated heterocycles. The topological polar surface area (TPSA) is 64.2 Å². The molecule has 2 heterocycles. The van der Waals surface area contributed by atoms with E-state index in [2.05, 4.69) is 4.90 Å². The Kier molecular flexibility index (Phi) is 5.68. The van der Waals surface area contributed by atoms with Crippen molar-refractivity contribution in [2.24, 2.45) is 0 Å². The smallest absolute Gasteiger partial charge is 0.227 e. The lowest BCUT2D eigenvalue weighted by Gasteiger charge is -2.33. The van der Waals surface area contributed by atoms with Crippen LogP contribution in [-0.4, -0.2) is 38.6 Å². The van der Waals surface area contributed by atoms with E-state index in [0.29, 0.717) is 12.3 Å². The first kappa shape index (κ1) is 18.1. The Morgan fingerprint density at radius 1 is 1.27 bits per heavy atom. The largest absolute Gasteiger partial charge is 0.479 e. The predicted octanol–water partition coefficient (Wildman–Crippen LogP) is 0.652. The van der Waals surface area contributed by atoms with Crippen LogP contribution >= 0.6 is 0 Å². The number of halogens is 1. The van der Waals surface area contributed by atoms with Crippen molar-refractivity contribution in [1.82, 2.24) is 0 Å². The number of hydrogen-bond donors (Lipinski definition) is 1. The number of carbonyl (C=O) groups is 1. The number of quaternary nitrogens is 1. The van der Waals surface area contributed by atoms with Gasteiger partial charge in [-0.05, 0) is 31.2 Å². The second kappa shape index (κ2) is 8.14. The Morgan fingerprint density at radius 2 is 1.96 bits per heavy atom. The summed E-state index contributed by atoms with van der Waals surface area (Å²) in [5.74, 6) is 0.260. The van der Waals surface area contributed by atoms with Gasteiger partial charge in [0.2, 0.25) is 11.2 Å². The van der Waals surface area contributed by atoms with Crippen molar-refractivity contribution in [3.8, 4) is 5.75 Å². The molecule has 1 N–H and O–H groups in total. The highest BCUT2D eigenvalue weighted by Crippen LogP contribution is 2.14. The van der Waals surface area contributed by atoms with E-state index in [1.807, 2.05) is 0 Å². The maximum absolute atomic E-state index is 13.0. The number of anilines is 1. The monoisotopic (exact) mass is 361 g/mol. The lowest BCUT2D eigenvalue weighted by molar-refractivity contribution is -0.915. The molecule has 1 fully saturated rings. The molecule has 1 aromatic heterocycles. The molecule has 1 aliphatic rings. The van der Waals surface area contributed by atoms with Crippen LogP contribution < -0.4 is 20.0 Å². The molecule has 2 aromatic rings. The van der Waals surface area contributed by atoms with Crippen molar-refractivity contribution in [3.05, 3.63) is 58.4 Å². The second-order valence-corrected chi connectivity index (χ2v) is 6.46. The molecule has 138 valence electrons. The molecule has 26 heavy (non-hydrogen) atoms. The summed E-state index contributed by atoms with van der Waals surface area (Å²) in [6.45, 7) is 5.36.